The number of nitrogens with one attached hydrogen (secondary N) is 1. The van der Waals surface area contributed by atoms with Crippen molar-refractivity contribution < 1.29 is 14.7 Å². The first kappa shape index (κ1) is 14.1. The van der Waals surface area contributed by atoms with Crippen molar-refractivity contribution in [1.29, 1.82) is 0 Å². The van der Waals surface area contributed by atoms with E-state index < -0.39 is 11.9 Å². The van der Waals surface area contributed by atoms with Crippen molar-refractivity contribution in [2.24, 2.45) is 5.73 Å². The SMILES string of the molecule is NC(=O)NC(=O)CN(CCO)Cc1ccccc1. The first-order chi connectivity index (χ1) is 8.61. The highest BCUT2D eigenvalue weighted by molar-refractivity contribution is 5.94. The summed E-state index contributed by atoms with van der Waals surface area (Å²) in [7, 11) is 0. The fraction of sp³-hybridized carbons (Fsp3) is 0.333. The lowest BCUT2D eigenvalue weighted by atomic mass is 10.2. The number of amides is 3. The summed E-state index contributed by atoms with van der Waals surface area (Å²) in [5.74, 6) is -0.480. The number of aliphatic hydroxyl groups is 1. The highest BCUT2D eigenvalue weighted by atomic mass is 16.3. The molecule has 6 nitrogen and oxygen atoms in total. The fourth-order valence-corrected chi connectivity index (χ4v) is 1.58. The quantitative estimate of drug-likeness (QED) is 0.645. The van der Waals surface area contributed by atoms with Gasteiger partial charge in [0.2, 0.25) is 5.91 Å². The van der Waals surface area contributed by atoms with Crippen molar-refractivity contribution in [2.75, 3.05) is 19.7 Å². The molecule has 18 heavy (non-hydrogen) atoms. The Kier molecular flexibility index (Phi) is 5.83. The number of nitrogens with zero attached hydrogens (tertiary/aromatic N) is 1. The second-order valence-electron chi connectivity index (χ2n) is 3.83. The van der Waals surface area contributed by atoms with Gasteiger partial charge in [-0.1, -0.05) is 30.3 Å². The molecule has 0 aliphatic carbocycles. The predicted molar refractivity (Wildman–Crippen MR) is 66.5 cm³/mol. The number of imide groups is 1. The lowest BCUT2D eigenvalue weighted by Gasteiger charge is -2.20. The van der Waals surface area contributed by atoms with Gasteiger partial charge in [0, 0.05) is 13.1 Å². The zero-order chi connectivity index (χ0) is 13.4. The highest BCUT2D eigenvalue weighted by Crippen LogP contribution is 2.03. The van der Waals surface area contributed by atoms with Gasteiger partial charge in [-0.05, 0) is 5.56 Å². The minimum atomic E-state index is -0.872. The molecule has 0 atom stereocenters. The van der Waals surface area contributed by atoms with Gasteiger partial charge in [-0.2, -0.15) is 0 Å². The Morgan fingerprint density at radius 2 is 1.94 bits per heavy atom. The van der Waals surface area contributed by atoms with Crippen molar-refractivity contribution in [3.8, 4) is 0 Å². The van der Waals surface area contributed by atoms with Crippen LogP contribution in [0.25, 0.3) is 0 Å². The van der Waals surface area contributed by atoms with Crippen molar-refractivity contribution in [1.82, 2.24) is 10.2 Å². The number of hydrogen-bond acceptors (Lipinski definition) is 4. The lowest BCUT2D eigenvalue weighted by molar-refractivity contribution is -0.121. The Morgan fingerprint density at radius 3 is 2.50 bits per heavy atom. The van der Waals surface area contributed by atoms with Gasteiger partial charge in [-0.3, -0.25) is 15.0 Å². The van der Waals surface area contributed by atoms with Gasteiger partial charge in [0.05, 0.1) is 13.2 Å². The molecule has 1 rings (SSSR count). The van der Waals surface area contributed by atoms with Crippen LogP contribution in [-0.2, 0) is 11.3 Å². The van der Waals surface area contributed by atoms with Crippen molar-refractivity contribution in [2.45, 2.75) is 6.54 Å². The van der Waals surface area contributed by atoms with E-state index in [-0.39, 0.29) is 13.2 Å². The van der Waals surface area contributed by atoms with Crippen LogP contribution < -0.4 is 11.1 Å². The molecule has 0 spiro atoms. The molecule has 3 amide bonds. The van der Waals surface area contributed by atoms with E-state index in [0.29, 0.717) is 13.1 Å². The Morgan fingerprint density at radius 1 is 1.28 bits per heavy atom. The van der Waals surface area contributed by atoms with E-state index in [0.717, 1.165) is 5.56 Å². The van der Waals surface area contributed by atoms with Gasteiger partial charge in [0.15, 0.2) is 0 Å². The fourth-order valence-electron chi connectivity index (χ4n) is 1.58. The van der Waals surface area contributed by atoms with E-state index in [2.05, 4.69) is 0 Å². The van der Waals surface area contributed by atoms with Crippen LogP contribution in [0, 0.1) is 0 Å². The third kappa shape index (κ3) is 5.42. The average Bonchev–Trinajstić information content (AvgIpc) is 2.29. The number of hydrogen-bond donors (Lipinski definition) is 3. The average molecular weight is 251 g/mol. The maximum atomic E-state index is 11.4. The Bertz CT molecular complexity index is 395. The molecule has 0 unspecified atom stereocenters. The molecule has 6 heteroatoms. The summed E-state index contributed by atoms with van der Waals surface area (Å²) in [4.78, 5) is 23.7. The molecule has 0 saturated heterocycles. The van der Waals surface area contributed by atoms with E-state index in [1.165, 1.54) is 0 Å². The monoisotopic (exact) mass is 251 g/mol. The van der Waals surface area contributed by atoms with Crippen LogP contribution in [0.1, 0.15) is 5.56 Å². The molecule has 0 aromatic heterocycles. The molecule has 0 bridgehead atoms. The second kappa shape index (κ2) is 7.41. The summed E-state index contributed by atoms with van der Waals surface area (Å²) in [6.07, 6.45) is 0. The van der Waals surface area contributed by atoms with Crippen molar-refractivity contribution in [3.05, 3.63) is 35.9 Å². The molecule has 0 heterocycles. The zero-order valence-electron chi connectivity index (χ0n) is 10.0. The molecule has 0 radical (unpaired) electrons. The third-order valence-corrected chi connectivity index (χ3v) is 2.30. The van der Waals surface area contributed by atoms with E-state index in [1.54, 1.807) is 4.90 Å². The first-order valence-corrected chi connectivity index (χ1v) is 5.58. The number of primary amides is 1. The molecule has 1 aromatic rings. The number of nitrogens with two attached hydrogens (primary N) is 1. The summed E-state index contributed by atoms with van der Waals surface area (Å²) in [5.41, 5.74) is 5.88. The minimum Gasteiger partial charge on any atom is -0.395 e. The Hall–Kier alpha value is -1.92. The first-order valence-electron chi connectivity index (χ1n) is 5.58. The van der Waals surface area contributed by atoms with E-state index >= 15 is 0 Å². The molecular weight excluding hydrogens is 234 g/mol. The van der Waals surface area contributed by atoms with Gasteiger partial charge < -0.3 is 10.8 Å². The zero-order valence-corrected chi connectivity index (χ0v) is 10.0. The smallest absolute Gasteiger partial charge is 0.318 e. The minimum absolute atomic E-state index is 0.0123. The summed E-state index contributed by atoms with van der Waals surface area (Å²) < 4.78 is 0. The van der Waals surface area contributed by atoms with Crippen LogP contribution in [-0.4, -0.2) is 41.6 Å². The summed E-state index contributed by atoms with van der Waals surface area (Å²) >= 11 is 0. The van der Waals surface area contributed by atoms with E-state index in [9.17, 15) is 9.59 Å². The predicted octanol–water partition coefficient (Wildman–Crippen LogP) is -0.324. The van der Waals surface area contributed by atoms with Crippen LogP contribution in [0.15, 0.2) is 30.3 Å². The van der Waals surface area contributed by atoms with Gasteiger partial charge in [0.25, 0.3) is 0 Å². The number of rotatable bonds is 6. The largest absolute Gasteiger partial charge is 0.395 e. The van der Waals surface area contributed by atoms with Crippen LogP contribution >= 0.6 is 0 Å². The topological polar surface area (TPSA) is 95.7 Å². The molecule has 4 N–H and O–H groups in total. The molecular formula is C12H17N3O3. The summed E-state index contributed by atoms with van der Waals surface area (Å²) in [5, 5.41) is 10.9. The maximum absolute atomic E-state index is 11.4. The Balaban J connectivity index is 2.54. The number of urea groups is 1. The number of carbonyl (C=O) groups is 2. The molecule has 0 fully saturated rings. The number of benzene rings is 1. The van der Waals surface area contributed by atoms with Gasteiger partial charge in [0.1, 0.15) is 0 Å². The molecule has 1 aromatic carbocycles. The van der Waals surface area contributed by atoms with Crippen molar-refractivity contribution >= 4 is 11.9 Å². The Labute approximate surface area is 105 Å². The highest BCUT2D eigenvalue weighted by Gasteiger charge is 2.11. The van der Waals surface area contributed by atoms with Crippen LogP contribution in [0.4, 0.5) is 4.79 Å². The summed E-state index contributed by atoms with van der Waals surface area (Å²) in [6, 6.07) is 8.68. The van der Waals surface area contributed by atoms with Crippen molar-refractivity contribution in [3.63, 3.8) is 0 Å². The second-order valence-corrected chi connectivity index (χ2v) is 3.83. The lowest BCUT2D eigenvalue weighted by Crippen LogP contribution is -2.42. The molecule has 0 aliphatic rings. The molecule has 0 aliphatic heterocycles. The summed E-state index contributed by atoms with van der Waals surface area (Å²) in [6.45, 7) is 0.823. The van der Waals surface area contributed by atoms with E-state index in [1.807, 2.05) is 35.6 Å². The van der Waals surface area contributed by atoms with Crippen LogP contribution in [0.3, 0.4) is 0 Å². The third-order valence-electron chi connectivity index (χ3n) is 2.30. The number of aliphatic hydroxyl groups excluding tert-OH is 1. The molecule has 98 valence electrons. The van der Waals surface area contributed by atoms with Crippen LogP contribution in [0.5, 0.6) is 0 Å². The van der Waals surface area contributed by atoms with Gasteiger partial charge >= 0.3 is 6.03 Å². The maximum Gasteiger partial charge on any atom is 0.318 e. The molecule has 0 saturated carbocycles. The van der Waals surface area contributed by atoms with E-state index in [4.69, 9.17) is 10.8 Å². The van der Waals surface area contributed by atoms with Gasteiger partial charge in [-0.15, -0.1) is 0 Å². The standard InChI is InChI=1S/C12H17N3O3/c13-12(18)14-11(17)9-15(6-7-16)8-10-4-2-1-3-5-10/h1-5,16H,6-9H2,(H3,13,14,17,18). The van der Waals surface area contributed by atoms with Gasteiger partial charge in [-0.25, -0.2) is 4.79 Å². The number of carbonyl (C=O) groups excluding carboxylic acids is 2. The van der Waals surface area contributed by atoms with Crippen LogP contribution in [0.2, 0.25) is 0 Å². The normalized spacial score (nSPS) is 10.3.